The monoisotopic (exact) mass is 486 g/mol. The van der Waals surface area contributed by atoms with Gasteiger partial charge in [-0.05, 0) is 60.2 Å². The predicted octanol–water partition coefficient (Wildman–Crippen LogP) is 3.73. The van der Waals surface area contributed by atoms with Crippen molar-refractivity contribution in [3.8, 4) is 0 Å². The molecule has 36 heavy (non-hydrogen) atoms. The number of imide groups is 1. The number of benzene rings is 2. The van der Waals surface area contributed by atoms with Gasteiger partial charge < -0.3 is 10.1 Å². The molecule has 0 atom stereocenters. The summed E-state index contributed by atoms with van der Waals surface area (Å²) in [6, 6.07) is 13.0. The van der Waals surface area contributed by atoms with Gasteiger partial charge in [0.2, 0.25) is 0 Å². The lowest BCUT2D eigenvalue weighted by molar-refractivity contribution is -0.384. The number of non-ortho nitro benzene ring substituents is 1. The Labute approximate surface area is 205 Å². The van der Waals surface area contributed by atoms with Crippen LogP contribution >= 0.6 is 0 Å². The lowest BCUT2D eigenvalue weighted by atomic mass is 9.86. The Morgan fingerprint density at radius 1 is 1.14 bits per heavy atom. The maximum atomic E-state index is 13.3. The number of allylic oxidation sites excluding steroid dienone is 1. The zero-order valence-corrected chi connectivity index (χ0v) is 19.2. The molecule has 182 valence electrons. The van der Waals surface area contributed by atoms with Gasteiger partial charge in [-0.2, -0.15) is 0 Å². The molecule has 0 spiro atoms. The van der Waals surface area contributed by atoms with Crippen LogP contribution in [-0.2, 0) is 16.0 Å². The number of hydrogen-bond acceptors (Lipinski definition) is 7. The van der Waals surface area contributed by atoms with E-state index >= 15 is 0 Å². The number of amides is 3. The molecule has 5 rings (SSSR count). The van der Waals surface area contributed by atoms with E-state index in [0.29, 0.717) is 35.1 Å². The van der Waals surface area contributed by atoms with Gasteiger partial charge in [-0.1, -0.05) is 18.2 Å². The van der Waals surface area contributed by atoms with Crippen LogP contribution in [-0.4, -0.2) is 52.4 Å². The van der Waals surface area contributed by atoms with Crippen molar-refractivity contribution < 1.29 is 24.0 Å². The van der Waals surface area contributed by atoms with E-state index in [1.54, 1.807) is 18.2 Å². The van der Waals surface area contributed by atoms with E-state index in [1.807, 2.05) is 24.3 Å². The first-order chi connectivity index (χ1) is 17.4. The zero-order valence-electron chi connectivity index (χ0n) is 19.2. The number of nitro benzene ring substituents is 1. The molecule has 1 aliphatic heterocycles. The van der Waals surface area contributed by atoms with Crippen molar-refractivity contribution in [2.45, 2.75) is 19.3 Å². The fourth-order valence-corrected chi connectivity index (χ4v) is 4.59. The first-order valence-electron chi connectivity index (χ1n) is 11.5. The number of pyridine rings is 1. The van der Waals surface area contributed by atoms with Crippen LogP contribution < -0.4 is 5.32 Å². The molecule has 1 saturated heterocycles. The quantitative estimate of drug-likeness (QED) is 0.330. The fraction of sp³-hybridized carbons (Fsp3) is 0.231. The van der Waals surface area contributed by atoms with Gasteiger partial charge >= 0.3 is 12.0 Å². The topological polar surface area (TPSA) is 132 Å². The van der Waals surface area contributed by atoms with Gasteiger partial charge in [0.1, 0.15) is 0 Å². The normalized spacial score (nSPS) is 16.1. The third kappa shape index (κ3) is 4.40. The summed E-state index contributed by atoms with van der Waals surface area (Å²) in [6.07, 6.45) is 4.04. The molecular formula is C26H22N4O6. The number of hydrogen-bond donors (Lipinski definition) is 1. The number of fused-ring (bicyclic) bond motifs is 2. The van der Waals surface area contributed by atoms with Crippen LogP contribution in [0.5, 0.6) is 0 Å². The Hall–Kier alpha value is -4.60. The van der Waals surface area contributed by atoms with Crippen molar-refractivity contribution in [3.05, 3.63) is 81.0 Å². The molecule has 1 aliphatic carbocycles. The van der Waals surface area contributed by atoms with E-state index in [4.69, 9.17) is 9.72 Å². The smallest absolute Gasteiger partial charge is 0.339 e. The molecule has 3 amide bonds. The number of nitro groups is 1. The second kappa shape index (κ2) is 9.57. The average molecular weight is 486 g/mol. The van der Waals surface area contributed by atoms with Crippen LogP contribution in [0.2, 0.25) is 0 Å². The molecule has 10 heteroatoms. The SMILES string of the molecule is O=C(OCC(=O)N1CCNC1=O)c1c2c(nc3ccccc13)/C(=C/c1ccc([N+](=O)[O-])cc1)CCC2. The highest BCUT2D eigenvalue weighted by atomic mass is 16.6. The minimum Gasteiger partial charge on any atom is -0.452 e. The van der Waals surface area contributed by atoms with E-state index in [2.05, 4.69) is 5.32 Å². The van der Waals surface area contributed by atoms with Crippen molar-refractivity contribution in [2.24, 2.45) is 0 Å². The van der Waals surface area contributed by atoms with Crippen LogP contribution in [0.25, 0.3) is 22.6 Å². The van der Waals surface area contributed by atoms with Gasteiger partial charge in [0.25, 0.3) is 11.6 Å². The molecule has 3 aromatic rings. The Balaban J connectivity index is 1.50. The zero-order chi connectivity index (χ0) is 25.2. The van der Waals surface area contributed by atoms with Crippen molar-refractivity contribution in [1.29, 1.82) is 0 Å². The third-order valence-corrected chi connectivity index (χ3v) is 6.30. The maximum Gasteiger partial charge on any atom is 0.339 e. The summed E-state index contributed by atoms with van der Waals surface area (Å²) in [5.74, 6) is -1.22. The van der Waals surface area contributed by atoms with Gasteiger partial charge in [-0.25, -0.2) is 14.6 Å². The number of urea groups is 1. The van der Waals surface area contributed by atoms with Crippen LogP contribution in [0.4, 0.5) is 10.5 Å². The van der Waals surface area contributed by atoms with Gasteiger partial charge in [-0.3, -0.25) is 19.8 Å². The van der Waals surface area contributed by atoms with Crippen molar-refractivity contribution in [3.63, 3.8) is 0 Å². The highest BCUT2D eigenvalue weighted by Crippen LogP contribution is 2.36. The summed E-state index contributed by atoms with van der Waals surface area (Å²) in [5, 5.41) is 14.1. The van der Waals surface area contributed by atoms with E-state index < -0.39 is 29.4 Å². The van der Waals surface area contributed by atoms with Crippen LogP contribution in [0.15, 0.2) is 48.5 Å². The number of nitrogens with one attached hydrogen (secondary N) is 1. The first kappa shape index (κ1) is 23.2. The summed E-state index contributed by atoms with van der Waals surface area (Å²) < 4.78 is 5.39. The van der Waals surface area contributed by atoms with Crippen LogP contribution in [0, 0.1) is 10.1 Å². The van der Waals surface area contributed by atoms with Gasteiger partial charge in [0, 0.05) is 30.6 Å². The summed E-state index contributed by atoms with van der Waals surface area (Å²) in [6.45, 7) is 0.0632. The lowest BCUT2D eigenvalue weighted by Crippen LogP contribution is -2.37. The third-order valence-electron chi connectivity index (χ3n) is 6.30. The molecular weight excluding hydrogens is 464 g/mol. The molecule has 0 radical (unpaired) electrons. The Bertz CT molecular complexity index is 1430. The molecule has 2 aliphatic rings. The first-order valence-corrected chi connectivity index (χ1v) is 11.5. The highest BCUT2D eigenvalue weighted by molar-refractivity contribution is 6.07. The Morgan fingerprint density at radius 3 is 2.64 bits per heavy atom. The number of aromatic nitrogens is 1. The Morgan fingerprint density at radius 2 is 1.92 bits per heavy atom. The highest BCUT2D eigenvalue weighted by Gasteiger charge is 2.29. The number of ether oxygens (including phenoxy) is 1. The van der Waals surface area contributed by atoms with Crippen LogP contribution in [0.1, 0.15) is 40.0 Å². The average Bonchev–Trinajstić information content (AvgIpc) is 3.32. The fourth-order valence-electron chi connectivity index (χ4n) is 4.59. The maximum absolute atomic E-state index is 13.3. The molecule has 2 aromatic carbocycles. The van der Waals surface area contributed by atoms with Crippen LogP contribution in [0.3, 0.4) is 0 Å². The van der Waals surface area contributed by atoms with Crippen molar-refractivity contribution in [1.82, 2.24) is 15.2 Å². The predicted molar refractivity (Wildman–Crippen MR) is 131 cm³/mol. The molecule has 1 N–H and O–H groups in total. The second-order valence-electron chi connectivity index (χ2n) is 8.56. The van der Waals surface area contributed by atoms with Crippen molar-refractivity contribution >= 4 is 46.1 Å². The van der Waals surface area contributed by atoms with E-state index in [0.717, 1.165) is 34.4 Å². The number of rotatable bonds is 5. The summed E-state index contributed by atoms with van der Waals surface area (Å²) in [4.78, 5) is 53.8. The molecule has 0 bridgehead atoms. The van der Waals surface area contributed by atoms with E-state index in [1.165, 1.54) is 12.1 Å². The molecule has 10 nitrogen and oxygen atoms in total. The summed E-state index contributed by atoms with van der Waals surface area (Å²) in [5.41, 5.74) is 4.11. The molecule has 1 fully saturated rings. The van der Waals surface area contributed by atoms with E-state index in [9.17, 15) is 24.5 Å². The minimum atomic E-state index is -0.644. The lowest BCUT2D eigenvalue weighted by Gasteiger charge is -2.22. The minimum absolute atomic E-state index is 0.0105. The number of carbonyl (C=O) groups is 3. The molecule has 2 heterocycles. The van der Waals surface area contributed by atoms with E-state index in [-0.39, 0.29) is 12.2 Å². The second-order valence-corrected chi connectivity index (χ2v) is 8.56. The number of carbonyl (C=O) groups excluding carboxylic acids is 3. The van der Waals surface area contributed by atoms with Gasteiger partial charge in [0.15, 0.2) is 6.61 Å². The standard InChI is InChI=1S/C26H22N4O6/c31-22(29-13-12-27-26(29)33)15-36-25(32)23-19-5-1-2-7-21(19)28-24-17(4-3-6-20(23)24)14-16-8-10-18(11-9-16)30(34)35/h1-2,5,7-11,14H,3-4,6,12-13,15H2,(H,27,33)/b17-14+. The molecule has 0 unspecified atom stereocenters. The largest absolute Gasteiger partial charge is 0.452 e. The number of esters is 1. The number of nitrogens with zero attached hydrogens (tertiary/aromatic N) is 3. The summed E-state index contributed by atoms with van der Waals surface area (Å²) in [7, 11) is 0. The van der Waals surface area contributed by atoms with Crippen molar-refractivity contribution in [2.75, 3.05) is 19.7 Å². The van der Waals surface area contributed by atoms with Gasteiger partial charge in [0.05, 0.1) is 21.7 Å². The molecule has 0 saturated carbocycles. The van der Waals surface area contributed by atoms with Gasteiger partial charge in [-0.15, -0.1) is 0 Å². The summed E-state index contributed by atoms with van der Waals surface area (Å²) >= 11 is 0. The molecule has 1 aromatic heterocycles. The Kier molecular flexibility index (Phi) is 6.16. The number of para-hydroxylation sites is 1.